The number of hydrogen-bond acceptors (Lipinski definition) is 5. The first-order valence-electron chi connectivity index (χ1n) is 8.88. The van der Waals surface area contributed by atoms with E-state index in [0.29, 0.717) is 5.56 Å². The molecule has 0 spiro atoms. The molecule has 1 N–H and O–H groups in total. The second kappa shape index (κ2) is 9.05. The molecule has 0 aliphatic heterocycles. The zero-order chi connectivity index (χ0) is 20.7. The Morgan fingerprint density at radius 2 is 1.57 bits per heavy atom. The van der Waals surface area contributed by atoms with Gasteiger partial charge in [0.15, 0.2) is 0 Å². The minimum atomic E-state index is -0.847. The molecule has 0 heterocycles. The molecule has 0 radical (unpaired) electrons. The van der Waals surface area contributed by atoms with E-state index >= 15 is 0 Å². The Kier molecular flexibility index (Phi) is 6.78. The molecule has 0 saturated heterocycles. The predicted molar refractivity (Wildman–Crippen MR) is 105 cm³/mol. The Morgan fingerprint density at radius 3 is 2.04 bits per heavy atom. The number of carbonyl (C=O) groups excluding carboxylic acids is 2. The van der Waals surface area contributed by atoms with Crippen LogP contribution >= 0.6 is 0 Å². The molecule has 28 heavy (non-hydrogen) atoms. The van der Waals surface area contributed by atoms with Crippen molar-refractivity contribution < 1.29 is 19.1 Å². The lowest BCUT2D eigenvalue weighted by molar-refractivity contribution is -0.143. The van der Waals surface area contributed by atoms with Crippen LogP contribution in [0.5, 0.6) is 0 Å². The Bertz CT molecular complexity index is 859. The lowest BCUT2D eigenvalue weighted by Crippen LogP contribution is -2.45. The van der Waals surface area contributed by atoms with E-state index in [9.17, 15) is 9.59 Å². The summed E-state index contributed by atoms with van der Waals surface area (Å²) >= 11 is 0. The second-order valence-corrected chi connectivity index (χ2v) is 7.31. The number of rotatable bonds is 5. The van der Waals surface area contributed by atoms with E-state index in [0.717, 1.165) is 16.7 Å². The molecule has 0 aliphatic rings. The maximum atomic E-state index is 12.0. The van der Waals surface area contributed by atoms with Gasteiger partial charge in [0.2, 0.25) is 0 Å². The van der Waals surface area contributed by atoms with Crippen molar-refractivity contribution in [3.05, 3.63) is 59.7 Å². The van der Waals surface area contributed by atoms with Gasteiger partial charge >= 0.3 is 12.1 Å². The van der Waals surface area contributed by atoms with E-state index in [-0.39, 0.29) is 6.42 Å². The summed E-state index contributed by atoms with van der Waals surface area (Å²) in [6, 6.07) is 16.2. The summed E-state index contributed by atoms with van der Waals surface area (Å²) in [4.78, 5) is 24.1. The predicted octanol–water partition coefficient (Wildman–Crippen LogP) is 3.83. The molecule has 0 aliphatic carbocycles. The van der Waals surface area contributed by atoms with Crippen LogP contribution < -0.4 is 5.32 Å². The zero-order valence-electron chi connectivity index (χ0n) is 16.5. The first-order valence-corrected chi connectivity index (χ1v) is 8.88. The molecule has 2 aromatic carbocycles. The number of amides is 1. The van der Waals surface area contributed by atoms with Gasteiger partial charge in [0.05, 0.1) is 18.7 Å². The molecule has 0 saturated carbocycles. The fourth-order valence-electron chi connectivity index (χ4n) is 2.59. The van der Waals surface area contributed by atoms with Crippen molar-refractivity contribution in [1.29, 1.82) is 5.26 Å². The van der Waals surface area contributed by atoms with Gasteiger partial charge in [-0.1, -0.05) is 36.4 Å². The molecule has 146 valence electrons. The first-order chi connectivity index (χ1) is 13.2. The van der Waals surface area contributed by atoms with E-state index in [2.05, 4.69) is 11.4 Å². The van der Waals surface area contributed by atoms with Crippen LogP contribution in [-0.2, 0) is 20.7 Å². The highest BCUT2D eigenvalue weighted by atomic mass is 16.6. The number of methoxy groups -OCH3 is 1. The third kappa shape index (κ3) is 6.13. The maximum Gasteiger partial charge on any atom is 0.408 e. The molecular formula is C22H24N2O4. The first kappa shape index (κ1) is 21.0. The van der Waals surface area contributed by atoms with Crippen molar-refractivity contribution >= 4 is 12.1 Å². The monoisotopic (exact) mass is 380 g/mol. The number of nitrogens with one attached hydrogen (secondary N) is 1. The smallest absolute Gasteiger partial charge is 0.408 e. The Labute approximate surface area is 165 Å². The Balaban J connectivity index is 2.10. The number of ether oxygens (including phenoxy) is 2. The number of nitrogens with zero attached hydrogens (tertiary/aromatic N) is 1. The van der Waals surface area contributed by atoms with E-state index in [1.54, 1.807) is 32.9 Å². The number of hydrogen-bond donors (Lipinski definition) is 1. The average Bonchev–Trinajstić information content (AvgIpc) is 2.66. The summed E-state index contributed by atoms with van der Waals surface area (Å²) in [6.07, 6.45) is -0.392. The van der Waals surface area contributed by atoms with E-state index in [1.165, 1.54) is 7.11 Å². The summed E-state index contributed by atoms with van der Waals surface area (Å²) in [5, 5.41) is 11.4. The van der Waals surface area contributed by atoms with Crippen molar-refractivity contribution in [2.75, 3.05) is 7.11 Å². The van der Waals surface area contributed by atoms with Crippen molar-refractivity contribution in [2.45, 2.75) is 38.8 Å². The second-order valence-electron chi connectivity index (χ2n) is 7.31. The molecule has 0 fully saturated rings. The standard InChI is InChI=1S/C22H24N2O4/c1-22(2,3)28-21(26)24-19(20(25)27-4)13-15-5-9-17(10-6-15)18-11-7-16(14-23)8-12-18/h5-12,19H,13H2,1-4H3,(H,24,26). The molecule has 0 bridgehead atoms. The van der Waals surface area contributed by atoms with Crippen molar-refractivity contribution in [2.24, 2.45) is 0 Å². The van der Waals surface area contributed by atoms with Crippen LogP contribution in [0, 0.1) is 11.3 Å². The van der Waals surface area contributed by atoms with Gasteiger partial charge in [-0.2, -0.15) is 5.26 Å². The van der Waals surface area contributed by atoms with Gasteiger partial charge in [0.25, 0.3) is 0 Å². The van der Waals surface area contributed by atoms with Gasteiger partial charge in [0.1, 0.15) is 11.6 Å². The molecule has 2 rings (SSSR count). The van der Waals surface area contributed by atoms with E-state index in [1.807, 2.05) is 36.4 Å². The largest absolute Gasteiger partial charge is 0.467 e. The van der Waals surface area contributed by atoms with Crippen LogP contribution in [0.2, 0.25) is 0 Å². The quantitative estimate of drug-likeness (QED) is 0.796. The molecule has 1 amide bonds. The van der Waals surface area contributed by atoms with Crippen molar-refractivity contribution in [1.82, 2.24) is 5.32 Å². The van der Waals surface area contributed by atoms with Crippen LogP contribution in [0.15, 0.2) is 48.5 Å². The third-order valence-corrected chi connectivity index (χ3v) is 3.92. The van der Waals surface area contributed by atoms with Gasteiger partial charge < -0.3 is 14.8 Å². The highest BCUT2D eigenvalue weighted by Crippen LogP contribution is 2.21. The number of esters is 1. The molecule has 2 aromatic rings. The maximum absolute atomic E-state index is 12.0. The highest BCUT2D eigenvalue weighted by Gasteiger charge is 2.25. The lowest BCUT2D eigenvalue weighted by atomic mass is 10.00. The summed E-state index contributed by atoms with van der Waals surface area (Å²) in [6.45, 7) is 5.25. The summed E-state index contributed by atoms with van der Waals surface area (Å²) < 4.78 is 10.0. The van der Waals surface area contributed by atoms with Crippen LogP contribution in [0.25, 0.3) is 11.1 Å². The number of benzene rings is 2. The van der Waals surface area contributed by atoms with Crippen LogP contribution in [0.3, 0.4) is 0 Å². The van der Waals surface area contributed by atoms with Crippen molar-refractivity contribution in [3.63, 3.8) is 0 Å². The van der Waals surface area contributed by atoms with Crippen LogP contribution in [0.1, 0.15) is 31.9 Å². The third-order valence-electron chi connectivity index (χ3n) is 3.92. The summed E-state index contributed by atoms with van der Waals surface area (Å²) in [5.74, 6) is -0.540. The SMILES string of the molecule is COC(=O)C(Cc1ccc(-c2ccc(C#N)cc2)cc1)NC(=O)OC(C)(C)C. The van der Waals surface area contributed by atoms with Gasteiger partial charge in [-0.05, 0) is 49.6 Å². The topological polar surface area (TPSA) is 88.4 Å². The van der Waals surface area contributed by atoms with Crippen LogP contribution in [-0.4, -0.2) is 30.8 Å². The van der Waals surface area contributed by atoms with Gasteiger partial charge in [0, 0.05) is 6.42 Å². The summed E-state index contributed by atoms with van der Waals surface area (Å²) in [5.41, 5.74) is 2.79. The number of carbonyl (C=O) groups is 2. The van der Waals surface area contributed by atoms with Gasteiger partial charge in [-0.15, -0.1) is 0 Å². The van der Waals surface area contributed by atoms with E-state index < -0.39 is 23.7 Å². The molecular weight excluding hydrogens is 356 g/mol. The molecule has 1 unspecified atom stereocenters. The van der Waals surface area contributed by atoms with Crippen LogP contribution in [0.4, 0.5) is 4.79 Å². The zero-order valence-corrected chi connectivity index (χ0v) is 16.5. The van der Waals surface area contributed by atoms with Crippen molar-refractivity contribution in [3.8, 4) is 17.2 Å². The number of alkyl carbamates (subject to hydrolysis) is 1. The fourth-order valence-corrected chi connectivity index (χ4v) is 2.59. The lowest BCUT2D eigenvalue weighted by Gasteiger charge is -2.22. The highest BCUT2D eigenvalue weighted by molar-refractivity contribution is 5.81. The molecule has 6 nitrogen and oxygen atoms in total. The minimum absolute atomic E-state index is 0.277. The molecule has 6 heteroatoms. The summed E-state index contributed by atoms with van der Waals surface area (Å²) in [7, 11) is 1.28. The number of nitriles is 1. The minimum Gasteiger partial charge on any atom is -0.467 e. The molecule has 0 aromatic heterocycles. The van der Waals surface area contributed by atoms with Gasteiger partial charge in [-0.25, -0.2) is 9.59 Å². The van der Waals surface area contributed by atoms with E-state index in [4.69, 9.17) is 14.7 Å². The normalized spacial score (nSPS) is 11.8. The fraction of sp³-hybridized carbons (Fsp3) is 0.318. The molecule has 1 atom stereocenters. The Hall–Kier alpha value is -3.33. The van der Waals surface area contributed by atoms with Gasteiger partial charge in [-0.3, -0.25) is 0 Å². The average molecular weight is 380 g/mol. The Morgan fingerprint density at radius 1 is 1.04 bits per heavy atom.